The molecule has 3 rings (SSSR count). The average Bonchev–Trinajstić information content (AvgIpc) is 2.73. The lowest BCUT2D eigenvalue weighted by molar-refractivity contribution is -0.123. The van der Waals surface area contributed by atoms with E-state index in [2.05, 4.69) is 36.5 Å². The number of benzene rings is 1. The third-order valence-corrected chi connectivity index (χ3v) is 5.12. The number of rotatable bonds is 9. The van der Waals surface area contributed by atoms with Crippen LogP contribution in [0.5, 0.6) is 0 Å². The highest BCUT2D eigenvalue weighted by Gasteiger charge is 2.21. The van der Waals surface area contributed by atoms with Crippen LogP contribution < -0.4 is 10.6 Å². The van der Waals surface area contributed by atoms with Crippen molar-refractivity contribution in [3.8, 4) is 0 Å². The first-order valence-electron chi connectivity index (χ1n) is 9.27. The molecular weight excluding hydrogens is 416 g/mol. The maximum Gasteiger partial charge on any atom is 0.241 e. The Hall–Kier alpha value is -2.57. The fourth-order valence-electron chi connectivity index (χ4n) is 2.94. The van der Waals surface area contributed by atoms with E-state index >= 15 is 0 Å². The molecule has 144 valence electrons. The van der Waals surface area contributed by atoms with Gasteiger partial charge in [0.1, 0.15) is 6.04 Å². The van der Waals surface area contributed by atoms with Gasteiger partial charge in [-0.05, 0) is 47.7 Å². The molecule has 0 bridgehead atoms. The number of nitrogens with one attached hydrogen (secondary N) is 2. The first-order chi connectivity index (χ1) is 13.7. The highest BCUT2D eigenvalue weighted by molar-refractivity contribution is 9.10. The van der Waals surface area contributed by atoms with Crippen molar-refractivity contribution < 1.29 is 4.79 Å². The van der Waals surface area contributed by atoms with E-state index in [4.69, 9.17) is 0 Å². The maximum atomic E-state index is 12.9. The Morgan fingerprint density at radius 1 is 0.893 bits per heavy atom. The zero-order valence-electron chi connectivity index (χ0n) is 15.5. The average molecular weight is 439 g/mol. The van der Waals surface area contributed by atoms with E-state index in [0.29, 0.717) is 13.1 Å². The lowest BCUT2D eigenvalue weighted by Crippen LogP contribution is -2.39. The van der Waals surface area contributed by atoms with Crippen LogP contribution in [0.3, 0.4) is 0 Å². The van der Waals surface area contributed by atoms with Gasteiger partial charge in [0.15, 0.2) is 0 Å². The number of halogens is 1. The number of carbonyl (C=O) groups excluding carboxylic acids is 1. The van der Waals surface area contributed by atoms with Gasteiger partial charge in [0.25, 0.3) is 0 Å². The summed E-state index contributed by atoms with van der Waals surface area (Å²) in [6, 6.07) is 15.3. The number of nitrogens with zero attached hydrogens (tertiary/aromatic N) is 2. The van der Waals surface area contributed by atoms with Crippen molar-refractivity contribution in [2.75, 3.05) is 13.1 Å². The summed E-state index contributed by atoms with van der Waals surface area (Å²) in [4.78, 5) is 21.2. The van der Waals surface area contributed by atoms with Gasteiger partial charge in [-0.25, -0.2) is 0 Å². The molecule has 28 heavy (non-hydrogen) atoms. The minimum atomic E-state index is -0.429. The quantitative estimate of drug-likeness (QED) is 0.536. The van der Waals surface area contributed by atoms with Crippen LogP contribution in [0.2, 0.25) is 0 Å². The fraction of sp³-hybridized carbons (Fsp3) is 0.227. The van der Waals surface area contributed by atoms with Gasteiger partial charge in [0, 0.05) is 42.3 Å². The molecule has 2 N–H and O–H groups in total. The first kappa shape index (κ1) is 20.2. The SMILES string of the molecule is O=C(NCCc1cccnc1)C(NCCc1cccnc1)c1ccccc1Br. The number of carbonyl (C=O) groups is 1. The molecule has 0 saturated carbocycles. The van der Waals surface area contributed by atoms with Gasteiger partial charge in [-0.1, -0.05) is 46.3 Å². The summed E-state index contributed by atoms with van der Waals surface area (Å²) in [6.45, 7) is 1.24. The molecule has 0 radical (unpaired) electrons. The predicted molar refractivity (Wildman–Crippen MR) is 114 cm³/mol. The second-order valence-corrected chi connectivity index (χ2v) is 7.28. The summed E-state index contributed by atoms with van der Waals surface area (Å²) in [5.74, 6) is -0.0398. The minimum Gasteiger partial charge on any atom is -0.354 e. The summed E-state index contributed by atoms with van der Waals surface area (Å²) in [5.41, 5.74) is 3.16. The van der Waals surface area contributed by atoms with Crippen LogP contribution in [0.25, 0.3) is 0 Å². The van der Waals surface area contributed by atoms with Crippen molar-refractivity contribution in [3.05, 3.63) is 94.5 Å². The molecule has 2 aromatic heterocycles. The maximum absolute atomic E-state index is 12.9. The van der Waals surface area contributed by atoms with E-state index in [1.807, 2.05) is 60.9 Å². The number of pyridine rings is 2. The molecule has 2 heterocycles. The zero-order chi connectivity index (χ0) is 19.6. The molecule has 6 heteroatoms. The normalized spacial score (nSPS) is 11.8. The zero-order valence-corrected chi connectivity index (χ0v) is 17.1. The standard InChI is InChI=1S/C22H23BrN4O/c23-20-8-2-1-7-19(20)21(26-13-9-17-5-3-11-24-15-17)22(28)27-14-10-18-6-4-12-25-16-18/h1-8,11-12,15-16,21,26H,9-10,13-14H2,(H,27,28). The van der Waals surface area contributed by atoms with Crippen LogP contribution >= 0.6 is 15.9 Å². The molecule has 3 aromatic rings. The summed E-state index contributed by atoms with van der Waals surface area (Å²) < 4.78 is 0.913. The molecule has 1 aromatic carbocycles. The van der Waals surface area contributed by atoms with E-state index in [-0.39, 0.29) is 5.91 Å². The van der Waals surface area contributed by atoms with Crippen LogP contribution in [0, 0.1) is 0 Å². The van der Waals surface area contributed by atoms with Crippen molar-refractivity contribution in [3.63, 3.8) is 0 Å². The number of hydrogen-bond donors (Lipinski definition) is 2. The van der Waals surface area contributed by atoms with Gasteiger partial charge in [-0.15, -0.1) is 0 Å². The molecule has 0 saturated heterocycles. The van der Waals surface area contributed by atoms with E-state index in [1.54, 1.807) is 12.4 Å². The van der Waals surface area contributed by atoms with Crippen molar-refractivity contribution in [2.45, 2.75) is 18.9 Å². The van der Waals surface area contributed by atoms with Crippen LogP contribution in [-0.4, -0.2) is 29.0 Å². The van der Waals surface area contributed by atoms with E-state index in [1.165, 1.54) is 0 Å². The summed E-state index contributed by atoms with van der Waals surface area (Å²) >= 11 is 3.57. The third kappa shape index (κ3) is 5.97. The van der Waals surface area contributed by atoms with Gasteiger partial charge < -0.3 is 10.6 Å². The Bertz CT molecular complexity index is 874. The molecule has 1 atom stereocenters. The van der Waals surface area contributed by atoms with Crippen molar-refractivity contribution in [1.29, 1.82) is 0 Å². The molecule has 0 aliphatic carbocycles. The van der Waals surface area contributed by atoms with Crippen LogP contribution in [0.1, 0.15) is 22.7 Å². The highest BCUT2D eigenvalue weighted by atomic mass is 79.9. The largest absolute Gasteiger partial charge is 0.354 e. The predicted octanol–water partition coefficient (Wildman–Crippen LogP) is 3.47. The Kier molecular flexibility index (Phi) is 7.70. The second kappa shape index (κ2) is 10.7. The van der Waals surface area contributed by atoms with Crippen molar-refractivity contribution in [2.24, 2.45) is 0 Å². The van der Waals surface area contributed by atoms with E-state index < -0.39 is 6.04 Å². The van der Waals surface area contributed by atoms with Gasteiger partial charge in [-0.2, -0.15) is 0 Å². The van der Waals surface area contributed by atoms with Crippen molar-refractivity contribution in [1.82, 2.24) is 20.6 Å². The van der Waals surface area contributed by atoms with E-state index in [0.717, 1.165) is 34.0 Å². The molecule has 5 nitrogen and oxygen atoms in total. The Morgan fingerprint density at radius 3 is 2.14 bits per heavy atom. The number of aromatic nitrogens is 2. The highest BCUT2D eigenvalue weighted by Crippen LogP contribution is 2.23. The van der Waals surface area contributed by atoms with Gasteiger partial charge in [0.05, 0.1) is 0 Å². The van der Waals surface area contributed by atoms with Crippen LogP contribution in [0.15, 0.2) is 77.8 Å². The molecule has 0 fully saturated rings. The molecule has 1 unspecified atom stereocenters. The summed E-state index contributed by atoms with van der Waals surface area (Å²) in [5, 5.41) is 6.43. The monoisotopic (exact) mass is 438 g/mol. The smallest absolute Gasteiger partial charge is 0.241 e. The van der Waals surface area contributed by atoms with Crippen molar-refractivity contribution >= 4 is 21.8 Å². The first-order valence-corrected chi connectivity index (χ1v) is 10.1. The minimum absolute atomic E-state index is 0.0398. The van der Waals surface area contributed by atoms with Crippen LogP contribution in [0.4, 0.5) is 0 Å². The molecule has 0 spiro atoms. The topological polar surface area (TPSA) is 66.9 Å². The number of hydrogen-bond acceptors (Lipinski definition) is 4. The van der Waals surface area contributed by atoms with Gasteiger partial charge in [-0.3, -0.25) is 14.8 Å². The molecule has 1 amide bonds. The Labute approximate surface area is 173 Å². The third-order valence-electron chi connectivity index (χ3n) is 4.40. The van der Waals surface area contributed by atoms with Crippen LogP contribution in [-0.2, 0) is 17.6 Å². The Balaban J connectivity index is 1.61. The fourth-order valence-corrected chi connectivity index (χ4v) is 3.45. The molecule has 0 aliphatic rings. The van der Waals surface area contributed by atoms with Gasteiger partial charge >= 0.3 is 0 Å². The lowest BCUT2D eigenvalue weighted by atomic mass is 10.1. The molecular formula is C22H23BrN4O. The second-order valence-electron chi connectivity index (χ2n) is 6.42. The summed E-state index contributed by atoms with van der Waals surface area (Å²) in [6.07, 6.45) is 8.73. The molecule has 0 aliphatic heterocycles. The number of amides is 1. The Morgan fingerprint density at radius 2 is 1.54 bits per heavy atom. The van der Waals surface area contributed by atoms with Gasteiger partial charge in [0.2, 0.25) is 5.91 Å². The van der Waals surface area contributed by atoms with E-state index in [9.17, 15) is 4.79 Å². The lowest BCUT2D eigenvalue weighted by Gasteiger charge is -2.20. The summed E-state index contributed by atoms with van der Waals surface area (Å²) in [7, 11) is 0.